The first-order chi connectivity index (χ1) is 10.2. The third kappa shape index (κ3) is 3.28. The monoisotopic (exact) mass is 289 g/mol. The first-order valence-corrected chi connectivity index (χ1v) is 6.89. The van der Waals surface area contributed by atoms with Crippen LogP contribution in [0.15, 0.2) is 41.1 Å². The molecule has 0 spiro atoms. The summed E-state index contributed by atoms with van der Waals surface area (Å²) in [5.74, 6) is -0.375. The molecule has 1 fully saturated rings. The number of hydrogen-bond donors (Lipinski definition) is 0. The van der Waals surface area contributed by atoms with Gasteiger partial charge in [-0.15, -0.1) is 0 Å². The van der Waals surface area contributed by atoms with Gasteiger partial charge in [0.25, 0.3) is 5.91 Å². The Bertz CT molecular complexity index is 590. The van der Waals surface area contributed by atoms with Gasteiger partial charge in [0.2, 0.25) is 0 Å². The van der Waals surface area contributed by atoms with Crippen molar-refractivity contribution in [3.63, 3.8) is 0 Å². The molecule has 0 saturated carbocycles. The summed E-state index contributed by atoms with van der Waals surface area (Å²) in [6.07, 6.45) is 1.56. The summed E-state index contributed by atoms with van der Waals surface area (Å²) in [7, 11) is 0. The second-order valence-corrected chi connectivity index (χ2v) is 5.07. The molecule has 21 heavy (non-hydrogen) atoms. The number of carbonyl (C=O) groups is 1. The highest BCUT2D eigenvalue weighted by Crippen LogP contribution is 2.11. The third-order valence-corrected chi connectivity index (χ3v) is 3.63. The van der Waals surface area contributed by atoms with Gasteiger partial charge in [-0.3, -0.25) is 9.69 Å². The zero-order valence-electron chi connectivity index (χ0n) is 11.5. The molecular formula is C15H16FN3O2. The smallest absolute Gasteiger partial charge is 0.253 e. The Hall–Kier alpha value is -2.21. The van der Waals surface area contributed by atoms with Gasteiger partial charge in [0.1, 0.15) is 12.1 Å². The number of nitrogens with zero attached hydrogens (tertiary/aromatic N) is 3. The number of hydrogen-bond acceptors (Lipinski definition) is 4. The summed E-state index contributed by atoms with van der Waals surface area (Å²) in [6, 6.07) is 7.52. The fourth-order valence-electron chi connectivity index (χ4n) is 2.43. The van der Waals surface area contributed by atoms with Crippen molar-refractivity contribution in [3.05, 3.63) is 53.7 Å². The van der Waals surface area contributed by atoms with E-state index in [9.17, 15) is 9.18 Å². The molecule has 1 aromatic heterocycles. The van der Waals surface area contributed by atoms with E-state index in [-0.39, 0.29) is 11.7 Å². The van der Waals surface area contributed by atoms with Crippen molar-refractivity contribution in [3.8, 4) is 0 Å². The molecule has 1 saturated heterocycles. The van der Waals surface area contributed by atoms with Gasteiger partial charge in [-0.25, -0.2) is 4.39 Å². The fraction of sp³-hybridized carbons (Fsp3) is 0.333. The van der Waals surface area contributed by atoms with Gasteiger partial charge in [-0.2, -0.15) is 0 Å². The maximum absolute atomic E-state index is 12.9. The lowest BCUT2D eigenvalue weighted by atomic mass is 10.1. The molecule has 1 aliphatic heterocycles. The Labute approximate surface area is 121 Å². The van der Waals surface area contributed by atoms with Crippen LogP contribution in [0.2, 0.25) is 0 Å². The minimum Gasteiger partial charge on any atom is -0.364 e. The molecule has 0 radical (unpaired) electrons. The Kier molecular flexibility index (Phi) is 3.96. The predicted octanol–water partition coefficient (Wildman–Crippen LogP) is 1.77. The van der Waals surface area contributed by atoms with E-state index in [0.717, 1.165) is 25.3 Å². The highest BCUT2D eigenvalue weighted by Gasteiger charge is 2.22. The van der Waals surface area contributed by atoms with Crippen LogP contribution >= 0.6 is 0 Å². The van der Waals surface area contributed by atoms with Crippen LogP contribution in [0.5, 0.6) is 0 Å². The van der Waals surface area contributed by atoms with Crippen molar-refractivity contribution in [2.24, 2.45) is 0 Å². The molecule has 1 aliphatic rings. The summed E-state index contributed by atoms with van der Waals surface area (Å²) >= 11 is 0. The second-order valence-electron chi connectivity index (χ2n) is 5.07. The molecular weight excluding hydrogens is 273 g/mol. The molecule has 3 rings (SSSR count). The second kappa shape index (κ2) is 6.05. The van der Waals surface area contributed by atoms with Crippen LogP contribution < -0.4 is 0 Å². The average Bonchev–Trinajstić information content (AvgIpc) is 3.01. The zero-order valence-corrected chi connectivity index (χ0v) is 11.5. The summed E-state index contributed by atoms with van der Waals surface area (Å²) in [4.78, 5) is 16.3. The third-order valence-electron chi connectivity index (χ3n) is 3.63. The number of carbonyl (C=O) groups excluding carboxylic acids is 1. The van der Waals surface area contributed by atoms with Crippen LogP contribution in [-0.4, -0.2) is 47.0 Å². The van der Waals surface area contributed by atoms with E-state index in [1.807, 2.05) is 6.07 Å². The number of rotatable bonds is 3. The molecule has 0 unspecified atom stereocenters. The van der Waals surface area contributed by atoms with Crippen LogP contribution in [0, 0.1) is 5.82 Å². The van der Waals surface area contributed by atoms with Crippen LogP contribution in [0.25, 0.3) is 0 Å². The quantitative estimate of drug-likeness (QED) is 0.864. The number of benzene rings is 1. The lowest BCUT2D eigenvalue weighted by Gasteiger charge is -2.34. The Morgan fingerprint density at radius 3 is 2.48 bits per heavy atom. The Morgan fingerprint density at radius 1 is 1.14 bits per heavy atom. The van der Waals surface area contributed by atoms with Crippen molar-refractivity contribution >= 4 is 5.91 Å². The van der Waals surface area contributed by atoms with Gasteiger partial charge in [0.05, 0.1) is 5.69 Å². The number of aromatic nitrogens is 1. The topological polar surface area (TPSA) is 49.6 Å². The predicted molar refractivity (Wildman–Crippen MR) is 74.1 cm³/mol. The first kappa shape index (κ1) is 13.8. The van der Waals surface area contributed by atoms with Crippen LogP contribution in [0.1, 0.15) is 16.1 Å². The van der Waals surface area contributed by atoms with Crippen LogP contribution in [0.3, 0.4) is 0 Å². The number of piperazine rings is 1. The number of halogens is 1. The molecule has 0 bridgehead atoms. The average molecular weight is 289 g/mol. The minimum atomic E-state index is -0.330. The standard InChI is InChI=1S/C15H16FN3O2/c16-13-3-1-12(2-4-13)15(20)19-8-6-18(7-9-19)11-14-5-10-21-17-14/h1-5,10H,6-9,11H2. The van der Waals surface area contributed by atoms with Crippen molar-refractivity contribution in [2.45, 2.75) is 6.54 Å². The Balaban J connectivity index is 1.55. The van der Waals surface area contributed by atoms with E-state index in [0.29, 0.717) is 18.7 Å². The van der Waals surface area contributed by atoms with Gasteiger partial charge in [0.15, 0.2) is 0 Å². The van der Waals surface area contributed by atoms with Gasteiger partial charge < -0.3 is 9.42 Å². The normalized spacial score (nSPS) is 16.1. The minimum absolute atomic E-state index is 0.0453. The summed E-state index contributed by atoms with van der Waals surface area (Å²) in [5.41, 5.74) is 1.43. The van der Waals surface area contributed by atoms with E-state index in [2.05, 4.69) is 10.1 Å². The van der Waals surface area contributed by atoms with E-state index in [1.54, 1.807) is 11.2 Å². The molecule has 0 N–H and O–H groups in total. The van der Waals surface area contributed by atoms with Crippen LogP contribution in [0.4, 0.5) is 4.39 Å². The van der Waals surface area contributed by atoms with Crippen molar-refractivity contribution in [2.75, 3.05) is 26.2 Å². The molecule has 0 atom stereocenters. The lowest BCUT2D eigenvalue weighted by molar-refractivity contribution is 0.0625. The van der Waals surface area contributed by atoms with E-state index >= 15 is 0 Å². The fourth-order valence-corrected chi connectivity index (χ4v) is 2.43. The van der Waals surface area contributed by atoms with E-state index < -0.39 is 0 Å². The van der Waals surface area contributed by atoms with Crippen LogP contribution in [-0.2, 0) is 6.54 Å². The van der Waals surface area contributed by atoms with Crippen molar-refractivity contribution in [1.82, 2.24) is 15.0 Å². The maximum atomic E-state index is 12.9. The van der Waals surface area contributed by atoms with Gasteiger partial charge in [0, 0.05) is 44.4 Å². The molecule has 1 amide bonds. The number of amides is 1. The molecule has 2 aromatic rings. The molecule has 110 valence electrons. The van der Waals surface area contributed by atoms with Crippen molar-refractivity contribution in [1.29, 1.82) is 0 Å². The largest absolute Gasteiger partial charge is 0.364 e. The molecule has 5 nitrogen and oxygen atoms in total. The molecule has 2 heterocycles. The Morgan fingerprint density at radius 2 is 1.86 bits per heavy atom. The zero-order chi connectivity index (χ0) is 14.7. The SMILES string of the molecule is O=C(c1ccc(F)cc1)N1CCN(Cc2ccon2)CC1. The summed E-state index contributed by atoms with van der Waals surface area (Å²) in [6.45, 7) is 3.64. The van der Waals surface area contributed by atoms with E-state index in [4.69, 9.17) is 4.52 Å². The highest BCUT2D eigenvalue weighted by atomic mass is 19.1. The van der Waals surface area contributed by atoms with Gasteiger partial charge >= 0.3 is 0 Å². The molecule has 6 heteroatoms. The van der Waals surface area contributed by atoms with Crippen molar-refractivity contribution < 1.29 is 13.7 Å². The molecule has 0 aliphatic carbocycles. The van der Waals surface area contributed by atoms with E-state index in [1.165, 1.54) is 24.3 Å². The first-order valence-electron chi connectivity index (χ1n) is 6.89. The lowest BCUT2D eigenvalue weighted by Crippen LogP contribution is -2.48. The summed E-state index contributed by atoms with van der Waals surface area (Å²) < 4.78 is 17.7. The van der Waals surface area contributed by atoms with Gasteiger partial charge in [-0.05, 0) is 24.3 Å². The molecule has 1 aromatic carbocycles. The van der Waals surface area contributed by atoms with Gasteiger partial charge in [-0.1, -0.05) is 5.16 Å². The summed E-state index contributed by atoms with van der Waals surface area (Å²) in [5, 5.41) is 3.89. The maximum Gasteiger partial charge on any atom is 0.253 e. The highest BCUT2D eigenvalue weighted by molar-refractivity contribution is 5.94.